The van der Waals surface area contributed by atoms with E-state index >= 15 is 0 Å². The normalized spacial score (nSPS) is 11.3. The molecule has 0 amide bonds. The van der Waals surface area contributed by atoms with E-state index < -0.39 is 5.97 Å². The molecule has 0 aliphatic rings. The van der Waals surface area contributed by atoms with Crippen LogP contribution >= 0.6 is 0 Å². The maximum atomic E-state index is 11.1. The first-order chi connectivity index (χ1) is 6.45. The topological polar surface area (TPSA) is 46.1 Å². The van der Waals surface area contributed by atoms with Crippen molar-refractivity contribution in [2.24, 2.45) is 0 Å². The lowest BCUT2D eigenvalue weighted by Crippen LogP contribution is -2.41. The van der Waals surface area contributed by atoms with Crippen LogP contribution in [-0.2, 0) is 0 Å². The quantitative estimate of drug-likeness (QED) is 0.749. The molecule has 0 bridgehead atoms. The molecule has 0 atom stereocenters. The molecule has 1 rings (SSSR count). The van der Waals surface area contributed by atoms with E-state index in [1.165, 1.54) is 0 Å². The molecule has 0 spiro atoms. The molecule has 1 N–H and O–H groups in total. The standard InChI is InChI=1S/C10H16N2O2/c1-7(2)11-5-6-12(8(3)4)9(11)10(13)14/h5-8H,1-4H3/p+1. The molecule has 0 radical (unpaired) electrons. The van der Waals surface area contributed by atoms with Gasteiger partial charge < -0.3 is 5.11 Å². The van der Waals surface area contributed by atoms with Crippen LogP contribution in [0.5, 0.6) is 0 Å². The number of aromatic nitrogens is 2. The van der Waals surface area contributed by atoms with Crippen LogP contribution in [0.25, 0.3) is 0 Å². The highest BCUT2D eigenvalue weighted by Crippen LogP contribution is 2.08. The molecule has 0 unspecified atom stereocenters. The number of rotatable bonds is 3. The van der Waals surface area contributed by atoms with Crippen molar-refractivity contribution in [3.63, 3.8) is 0 Å². The van der Waals surface area contributed by atoms with Crippen molar-refractivity contribution in [2.75, 3.05) is 0 Å². The number of carboxylic acid groups (broad SMARTS) is 1. The van der Waals surface area contributed by atoms with Gasteiger partial charge in [0.2, 0.25) is 0 Å². The Hall–Kier alpha value is -1.32. The Kier molecular flexibility index (Phi) is 2.93. The number of carbonyl (C=O) groups is 1. The largest absolute Gasteiger partial charge is 0.472 e. The summed E-state index contributed by atoms with van der Waals surface area (Å²) < 4.78 is 3.53. The molecule has 0 saturated carbocycles. The third-order valence-electron chi connectivity index (χ3n) is 2.18. The van der Waals surface area contributed by atoms with Gasteiger partial charge in [-0.3, -0.25) is 0 Å². The van der Waals surface area contributed by atoms with E-state index in [0.29, 0.717) is 5.82 Å². The molecule has 0 aliphatic carbocycles. The first-order valence-electron chi connectivity index (χ1n) is 4.80. The van der Waals surface area contributed by atoms with Gasteiger partial charge in [0.25, 0.3) is 0 Å². The summed E-state index contributed by atoms with van der Waals surface area (Å²) in [5, 5.41) is 9.09. The zero-order valence-electron chi connectivity index (χ0n) is 9.06. The van der Waals surface area contributed by atoms with E-state index in [9.17, 15) is 4.79 Å². The average molecular weight is 197 g/mol. The minimum atomic E-state index is -0.877. The van der Waals surface area contributed by atoms with Gasteiger partial charge in [0.05, 0.1) is 12.1 Å². The van der Waals surface area contributed by atoms with Crippen molar-refractivity contribution in [3.8, 4) is 0 Å². The molecule has 0 fully saturated rings. The number of carboxylic acids is 1. The van der Waals surface area contributed by atoms with Crippen LogP contribution in [0.1, 0.15) is 50.4 Å². The molecule has 14 heavy (non-hydrogen) atoms. The fraction of sp³-hybridized carbons (Fsp3) is 0.600. The van der Waals surface area contributed by atoms with E-state index in [4.69, 9.17) is 5.11 Å². The molecule has 0 aliphatic heterocycles. The zero-order valence-corrected chi connectivity index (χ0v) is 9.06. The molecule has 4 heteroatoms. The SMILES string of the molecule is CC(C)n1cc[n+](C(C)C)c1C(=O)O. The van der Waals surface area contributed by atoms with Crippen molar-refractivity contribution in [3.05, 3.63) is 18.2 Å². The van der Waals surface area contributed by atoms with Gasteiger partial charge in [-0.2, -0.15) is 0 Å². The molecular formula is C10H17N2O2+. The smallest absolute Gasteiger partial charge is 0.419 e. The van der Waals surface area contributed by atoms with Gasteiger partial charge in [0, 0.05) is 0 Å². The molecular weight excluding hydrogens is 180 g/mol. The third-order valence-corrected chi connectivity index (χ3v) is 2.18. The number of hydrogen-bond donors (Lipinski definition) is 1. The summed E-state index contributed by atoms with van der Waals surface area (Å²) in [6.45, 7) is 7.88. The summed E-state index contributed by atoms with van der Waals surface area (Å²) in [6, 6.07) is 0.335. The molecule has 0 aromatic carbocycles. The van der Waals surface area contributed by atoms with Gasteiger partial charge in [0.15, 0.2) is 0 Å². The fourth-order valence-corrected chi connectivity index (χ4v) is 1.47. The maximum absolute atomic E-state index is 11.1. The lowest BCUT2D eigenvalue weighted by atomic mass is 10.3. The van der Waals surface area contributed by atoms with E-state index in [-0.39, 0.29) is 12.1 Å². The number of hydrogen-bond acceptors (Lipinski definition) is 1. The first kappa shape index (κ1) is 10.8. The Morgan fingerprint density at radius 1 is 1.43 bits per heavy atom. The van der Waals surface area contributed by atoms with Crippen LogP contribution in [0.2, 0.25) is 0 Å². The molecule has 0 saturated heterocycles. The predicted octanol–water partition coefficient (Wildman–Crippen LogP) is 1.64. The van der Waals surface area contributed by atoms with Gasteiger partial charge in [-0.15, -0.1) is 0 Å². The van der Waals surface area contributed by atoms with Gasteiger partial charge in [-0.25, -0.2) is 13.9 Å². The lowest BCUT2D eigenvalue weighted by Gasteiger charge is -2.05. The summed E-state index contributed by atoms with van der Waals surface area (Å²) in [6.07, 6.45) is 3.63. The van der Waals surface area contributed by atoms with Crippen molar-refractivity contribution in [2.45, 2.75) is 39.8 Å². The van der Waals surface area contributed by atoms with E-state index in [0.717, 1.165) is 0 Å². The van der Waals surface area contributed by atoms with E-state index in [1.807, 2.05) is 40.1 Å². The predicted molar refractivity (Wildman–Crippen MR) is 52.4 cm³/mol. The second-order valence-corrected chi connectivity index (χ2v) is 3.93. The Balaban J connectivity index is 3.28. The monoisotopic (exact) mass is 197 g/mol. The van der Waals surface area contributed by atoms with E-state index in [1.54, 1.807) is 9.13 Å². The van der Waals surface area contributed by atoms with Crippen LogP contribution in [0.3, 0.4) is 0 Å². The Labute approximate surface area is 83.8 Å². The highest BCUT2D eigenvalue weighted by Gasteiger charge is 2.27. The van der Waals surface area contributed by atoms with Gasteiger partial charge in [-0.05, 0) is 27.7 Å². The summed E-state index contributed by atoms with van der Waals surface area (Å²) in [4.78, 5) is 11.1. The van der Waals surface area contributed by atoms with E-state index in [2.05, 4.69) is 0 Å². The van der Waals surface area contributed by atoms with Crippen molar-refractivity contribution < 1.29 is 14.5 Å². The average Bonchev–Trinajstić information content (AvgIpc) is 2.46. The van der Waals surface area contributed by atoms with Gasteiger partial charge in [0.1, 0.15) is 12.4 Å². The lowest BCUT2D eigenvalue weighted by molar-refractivity contribution is -0.718. The molecule has 4 nitrogen and oxygen atoms in total. The van der Waals surface area contributed by atoms with Crippen LogP contribution in [-0.4, -0.2) is 15.6 Å². The maximum Gasteiger partial charge on any atom is 0.419 e. The summed E-state index contributed by atoms with van der Waals surface area (Å²) >= 11 is 0. The molecule has 78 valence electrons. The second-order valence-electron chi connectivity index (χ2n) is 3.93. The van der Waals surface area contributed by atoms with Crippen LogP contribution in [0.4, 0.5) is 0 Å². The fourth-order valence-electron chi connectivity index (χ4n) is 1.47. The Bertz CT molecular complexity index is 314. The molecule has 1 aromatic heterocycles. The number of nitrogens with zero attached hydrogens (tertiary/aromatic N) is 2. The summed E-state index contributed by atoms with van der Waals surface area (Å²) in [5.74, 6) is -0.535. The summed E-state index contributed by atoms with van der Waals surface area (Å²) in [5.41, 5.74) is 0. The Morgan fingerprint density at radius 3 is 2.36 bits per heavy atom. The van der Waals surface area contributed by atoms with Crippen molar-refractivity contribution >= 4 is 5.97 Å². The second kappa shape index (κ2) is 3.82. The van der Waals surface area contributed by atoms with Crippen molar-refractivity contribution in [1.29, 1.82) is 0 Å². The minimum absolute atomic E-state index is 0.168. The summed E-state index contributed by atoms with van der Waals surface area (Å²) in [7, 11) is 0. The van der Waals surface area contributed by atoms with Crippen molar-refractivity contribution in [1.82, 2.24) is 4.57 Å². The highest BCUT2D eigenvalue weighted by molar-refractivity contribution is 5.81. The third kappa shape index (κ3) is 1.78. The highest BCUT2D eigenvalue weighted by atomic mass is 16.4. The number of aromatic carboxylic acids is 1. The van der Waals surface area contributed by atoms with Gasteiger partial charge in [-0.1, -0.05) is 0 Å². The van der Waals surface area contributed by atoms with Gasteiger partial charge >= 0.3 is 11.8 Å². The molecule has 1 heterocycles. The van der Waals surface area contributed by atoms with Crippen LogP contribution in [0.15, 0.2) is 12.4 Å². The van der Waals surface area contributed by atoms with Crippen LogP contribution < -0.4 is 4.57 Å². The first-order valence-corrected chi connectivity index (χ1v) is 4.80. The Morgan fingerprint density at radius 2 is 2.00 bits per heavy atom. The molecule has 1 aromatic rings. The number of imidazole rings is 1. The zero-order chi connectivity index (χ0) is 10.9. The van der Waals surface area contributed by atoms with Crippen LogP contribution in [0, 0.1) is 0 Å². The minimum Gasteiger partial charge on any atom is -0.472 e.